The third-order valence-corrected chi connectivity index (χ3v) is 8.88. The first kappa shape index (κ1) is 26.3. The number of fused-ring (bicyclic) bond motifs is 1. The van der Waals surface area contributed by atoms with Crippen molar-refractivity contribution in [2.24, 2.45) is 0 Å². The summed E-state index contributed by atoms with van der Waals surface area (Å²) in [6, 6.07) is 20.9. The predicted molar refractivity (Wildman–Crippen MR) is 148 cm³/mol. The van der Waals surface area contributed by atoms with Crippen LogP contribution in [0.2, 0.25) is 0 Å². The van der Waals surface area contributed by atoms with Crippen LogP contribution in [0.5, 0.6) is 0 Å². The molecule has 0 N–H and O–H groups in total. The summed E-state index contributed by atoms with van der Waals surface area (Å²) in [5.41, 5.74) is 2.14. The van der Waals surface area contributed by atoms with Crippen molar-refractivity contribution in [3.63, 3.8) is 0 Å². The van der Waals surface area contributed by atoms with E-state index in [1.165, 1.54) is 4.31 Å². The molecule has 0 aliphatic carbocycles. The molecular formula is C28H30BrN3O3S. The summed E-state index contributed by atoms with van der Waals surface area (Å²) in [5, 5.41) is 0.490. The number of aryl methyl sites for hydroxylation is 1. The van der Waals surface area contributed by atoms with E-state index in [0.717, 1.165) is 22.9 Å². The van der Waals surface area contributed by atoms with E-state index in [1.807, 2.05) is 43.3 Å². The van der Waals surface area contributed by atoms with E-state index in [9.17, 15) is 13.2 Å². The molecule has 188 valence electrons. The maximum absolute atomic E-state index is 13.8. The van der Waals surface area contributed by atoms with E-state index in [0.29, 0.717) is 35.4 Å². The molecule has 0 saturated carbocycles. The van der Waals surface area contributed by atoms with Crippen LogP contribution in [-0.4, -0.2) is 28.8 Å². The summed E-state index contributed by atoms with van der Waals surface area (Å²) in [5.74, 6) is 0.389. The number of para-hydroxylation sites is 1. The monoisotopic (exact) mass is 567 g/mol. The standard InChI is InChI=1S/C28H30BrN3O3S/c1-4-6-19-31(36(34,35)24-17-13-22(29)14-18-24)20(3)27-30-26-10-8-7-9-25(26)28(33)32(27)23-15-11-21(5-2)12-16-23/h7-18,20H,4-6,19H2,1-3H3. The van der Waals surface area contributed by atoms with Gasteiger partial charge in [0.25, 0.3) is 5.56 Å². The van der Waals surface area contributed by atoms with Gasteiger partial charge in [-0.05, 0) is 73.9 Å². The lowest BCUT2D eigenvalue weighted by Gasteiger charge is -2.30. The van der Waals surface area contributed by atoms with Crippen LogP contribution in [0.3, 0.4) is 0 Å². The average Bonchev–Trinajstić information content (AvgIpc) is 2.89. The molecule has 0 radical (unpaired) electrons. The third kappa shape index (κ3) is 5.16. The molecule has 8 heteroatoms. The van der Waals surface area contributed by atoms with Crippen molar-refractivity contribution in [1.82, 2.24) is 13.9 Å². The number of rotatable bonds is 9. The molecule has 1 aromatic heterocycles. The Hall–Kier alpha value is -2.81. The molecule has 36 heavy (non-hydrogen) atoms. The zero-order chi connectivity index (χ0) is 25.9. The summed E-state index contributed by atoms with van der Waals surface area (Å²) < 4.78 is 31.5. The molecule has 0 saturated heterocycles. The molecule has 1 atom stereocenters. The highest BCUT2D eigenvalue weighted by molar-refractivity contribution is 9.10. The van der Waals surface area contributed by atoms with E-state index in [4.69, 9.17) is 4.98 Å². The van der Waals surface area contributed by atoms with Gasteiger partial charge in [0.2, 0.25) is 10.0 Å². The minimum atomic E-state index is -3.86. The second kappa shape index (κ2) is 11.1. The highest BCUT2D eigenvalue weighted by Crippen LogP contribution is 2.29. The third-order valence-electron chi connectivity index (χ3n) is 6.36. The number of benzene rings is 3. The molecule has 0 aliphatic heterocycles. The van der Waals surface area contributed by atoms with Crippen molar-refractivity contribution in [2.75, 3.05) is 6.54 Å². The number of unbranched alkanes of at least 4 members (excludes halogenated alkanes) is 1. The lowest BCUT2D eigenvalue weighted by Crippen LogP contribution is -2.38. The van der Waals surface area contributed by atoms with Crippen molar-refractivity contribution >= 4 is 36.9 Å². The molecule has 0 aliphatic rings. The number of nitrogens with zero attached hydrogens (tertiary/aromatic N) is 3. The van der Waals surface area contributed by atoms with Crippen LogP contribution in [0.4, 0.5) is 0 Å². The molecule has 6 nitrogen and oxygen atoms in total. The lowest BCUT2D eigenvalue weighted by molar-refractivity contribution is 0.322. The Morgan fingerprint density at radius 2 is 1.64 bits per heavy atom. The maximum Gasteiger partial charge on any atom is 0.266 e. The van der Waals surface area contributed by atoms with Gasteiger partial charge in [-0.2, -0.15) is 4.31 Å². The second-order valence-electron chi connectivity index (χ2n) is 8.75. The largest absolute Gasteiger partial charge is 0.268 e. The van der Waals surface area contributed by atoms with Crippen LogP contribution in [0, 0.1) is 0 Å². The Morgan fingerprint density at radius 1 is 0.972 bits per heavy atom. The van der Waals surface area contributed by atoms with E-state index in [1.54, 1.807) is 47.9 Å². The number of aromatic nitrogens is 2. The highest BCUT2D eigenvalue weighted by Gasteiger charge is 2.32. The van der Waals surface area contributed by atoms with Gasteiger partial charge >= 0.3 is 0 Å². The van der Waals surface area contributed by atoms with E-state index >= 15 is 0 Å². The predicted octanol–water partition coefficient (Wildman–Crippen LogP) is 6.26. The van der Waals surface area contributed by atoms with Crippen molar-refractivity contribution in [3.05, 3.63) is 99.0 Å². The van der Waals surface area contributed by atoms with Crippen molar-refractivity contribution in [1.29, 1.82) is 0 Å². The Balaban J connectivity index is 1.93. The summed E-state index contributed by atoms with van der Waals surface area (Å²) in [6.07, 6.45) is 2.39. The van der Waals surface area contributed by atoms with E-state index in [-0.39, 0.29) is 10.5 Å². The zero-order valence-electron chi connectivity index (χ0n) is 20.7. The molecule has 0 amide bonds. The molecule has 0 spiro atoms. The van der Waals surface area contributed by atoms with Gasteiger partial charge in [-0.3, -0.25) is 9.36 Å². The molecule has 0 fully saturated rings. The first-order valence-corrected chi connectivity index (χ1v) is 14.4. The molecular weight excluding hydrogens is 538 g/mol. The van der Waals surface area contributed by atoms with Gasteiger partial charge in [-0.15, -0.1) is 0 Å². The van der Waals surface area contributed by atoms with Crippen molar-refractivity contribution < 1.29 is 8.42 Å². The molecule has 0 bridgehead atoms. The summed E-state index contributed by atoms with van der Waals surface area (Å²) >= 11 is 3.38. The summed E-state index contributed by atoms with van der Waals surface area (Å²) in [4.78, 5) is 18.8. The maximum atomic E-state index is 13.8. The Bertz CT molecular complexity index is 1510. The van der Waals surface area contributed by atoms with Crippen molar-refractivity contribution in [2.45, 2.75) is 51.0 Å². The average molecular weight is 569 g/mol. The molecule has 1 unspecified atom stereocenters. The topological polar surface area (TPSA) is 72.3 Å². The first-order valence-electron chi connectivity index (χ1n) is 12.2. The first-order chi connectivity index (χ1) is 17.3. The normalized spacial score (nSPS) is 12.8. The summed E-state index contributed by atoms with van der Waals surface area (Å²) in [6.45, 7) is 6.21. The Labute approximate surface area is 220 Å². The fourth-order valence-electron chi connectivity index (χ4n) is 4.27. The fraction of sp³-hybridized carbons (Fsp3) is 0.286. The zero-order valence-corrected chi connectivity index (χ0v) is 23.1. The quantitative estimate of drug-likeness (QED) is 0.239. The fourth-order valence-corrected chi connectivity index (χ4v) is 6.16. The molecule has 4 rings (SSSR count). The smallest absolute Gasteiger partial charge is 0.266 e. The molecule has 1 heterocycles. The van der Waals surface area contributed by atoms with Gasteiger partial charge in [-0.1, -0.05) is 60.5 Å². The highest BCUT2D eigenvalue weighted by atomic mass is 79.9. The van der Waals surface area contributed by atoms with Crippen LogP contribution >= 0.6 is 15.9 Å². The molecule has 4 aromatic rings. The van der Waals surface area contributed by atoms with Crippen LogP contribution in [0.15, 0.2) is 87.0 Å². The van der Waals surface area contributed by atoms with Crippen LogP contribution in [-0.2, 0) is 16.4 Å². The van der Waals surface area contributed by atoms with Crippen LogP contribution in [0.1, 0.15) is 51.0 Å². The number of halogens is 1. The number of hydrogen-bond donors (Lipinski definition) is 0. The van der Waals surface area contributed by atoms with Gasteiger partial charge in [0.1, 0.15) is 5.82 Å². The van der Waals surface area contributed by atoms with E-state index in [2.05, 4.69) is 22.9 Å². The number of hydrogen-bond acceptors (Lipinski definition) is 4. The van der Waals surface area contributed by atoms with E-state index < -0.39 is 16.1 Å². The van der Waals surface area contributed by atoms with Gasteiger partial charge in [0.15, 0.2) is 0 Å². The van der Waals surface area contributed by atoms with Gasteiger partial charge in [0.05, 0.1) is 27.5 Å². The van der Waals surface area contributed by atoms with Gasteiger partial charge < -0.3 is 0 Å². The van der Waals surface area contributed by atoms with Gasteiger partial charge in [-0.25, -0.2) is 13.4 Å². The van der Waals surface area contributed by atoms with Gasteiger partial charge in [0, 0.05) is 11.0 Å². The van der Waals surface area contributed by atoms with Crippen LogP contribution < -0.4 is 5.56 Å². The summed E-state index contributed by atoms with van der Waals surface area (Å²) in [7, 11) is -3.86. The Kier molecular flexibility index (Phi) is 8.07. The van der Waals surface area contributed by atoms with Crippen LogP contribution in [0.25, 0.3) is 16.6 Å². The Morgan fingerprint density at radius 3 is 2.28 bits per heavy atom. The lowest BCUT2D eigenvalue weighted by atomic mass is 10.1. The minimum Gasteiger partial charge on any atom is -0.268 e. The number of sulfonamides is 1. The van der Waals surface area contributed by atoms with Crippen molar-refractivity contribution in [3.8, 4) is 5.69 Å². The minimum absolute atomic E-state index is 0.204. The SMILES string of the molecule is CCCCN(C(C)c1nc2ccccc2c(=O)n1-c1ccc(CC)cc1)S(=O)(=O)c1ccc(Br)cc1. The molecule has 3 aromatic carbocycles. The second-order valence-corrected chi connectivity index (χ2v) is 11.6.